The van der Waals surface area contributed by atoms with Crippen LogP contribution in [-0.2, 0) is 9.53 Å². The zero-order valence-electron chi connectivity index (χ0n) is 12.6. The van der Waals surface area contributed by atoms with Crippen LogP contribution in [0.5, 0.6) is 5.75 Å². The van der Waals surface area contributed by atoms with Crippen LogP contribution in [0.2, 0.25) is 0 Å². The number of hydrogen-bond acceptors (Lipinski definition) is 4. The number of carbonyl (C=O) groups excluding carboxylic acids is 1. The minimum atomic E-state index is -0.314. The number of hydrogen-bond donors (Lipinski definition) is 1. The van der Waals surface area contributed by atoms with E-state index in [1.54, 1.807) is 0 Å². The monoisotopic (exact) mass is 279 g/mol. The van der Waals surface area contributed by atoms with Gasteiger partial charge in [-0.1, -0.05) is 38.5 Å². The fraction of sp³-hybridized carbons (Fsp3) is 0.562. The molecule has 0 saturated carbocycles. The number of carbonyl (C=O) groups is 1. The maximum Gasteiger partial charge on any atom is 0.344 e. The van der Waals surface area contributed by atoms with Gasteiger partial charge in [-0.3, -0.25) is 0 Å². The lowest BCUT2D eigenvalue weighted by atomic mass is 10.0. The smallest absolute Gasteiger partial charge is 0.344 e. The summed E-state index contributed by atoms with van der Waals surface area (Å²) in [4.78, 5) is 11.5. The first kappa shape index (κ1) is 16.5. The van der Waals surface area contributed by atoms with Crippen LogP contribution in [0, 0.1) is 0 Å². The van der Waals surface area contributed by atoms with E-state index in [0.29, 0.717) is 6.61 Å². The Morgan fingerprint density at radius 1 is 1.30 bits per heavy atom. The largest absolute Gasteiger partial charge is 0.482 e. The van der Waals surface area contributed by atoms with Crippen LogP contribution in [0.15, 0.2) is 24.3 Å². The van der Waals surface area contributed by atoms with Crippen molar-refractivity contribution in [3.63, 3.8) is 0 Å². The molecule has 4 heteroatoms. The molecule has 1 atom stereocenters. The zero-order chi connectivity index (χ0) is 14.8. The Bertz CT molecular complexity index is 402. The number of benzene rings is 1. The Labute approximate surface area is 121 Å². The van der Waals surface area contributed by atoms with E-state index in [2.05, 4.69) is 19.2 Å². The number of unbranched alkanes of at least 4 members (excludes halogenated alkanes) is 1. The minimum absolute atomic E-state index is 0.0408. The molecule has 0 fully saturated rings. The number of rotatable bonds is 9. The highest BCUT2D eigenvalue weighted by Gasteiger charge is 2.13. The Balaban J connectivity index is 2.57. The van der Waals surface area contributed by atoms with Crippen LogP contribution in [0.3, 0.4) is 0 Å². The molecular weight excluding hydrogens is 254 g/mol. The summed E-state index contributed by atoms with van der Waals surface area (Å²) >= 11 is 0. The summed E-state index contributed by atoms with van der Waals surface area (Å²) < 4.78 is 10.7. The highest BCUT2D eigenvalue weighted by Crippen LogP contribution is 2.26. The summed E-state index contributed by atoms with van der Waals surface area (Å²) in [5.74, 6) is 0.423. The van der Waals surface area contributed by atoms with Crippen molar-refractivity contribution < 1.29 is 14.3 Å². The third kappa shape index (κ3) is 5.21. The molecule has 0 heterocycles. The van der Waals surface area contributed by atoms with Gasteiger partial charge in [0.1, 0.15) is 5.75 Å². The van der Waals surface area contributed by atoms with Crippen LogP contribution >= 0.6 is 0 Å². The Kier molecular flexibility index (Phi) is 7.73. The van der Waals surface area contributed by atoms with Crippen molar-refractivity contribution in [2.45, 2.75) is 39.2 Å². The number of para-hydroxylation sites is 1. The average Bonchev–Trinajstić information content (AvgIpc) is 2.48. The van der Waals surface area contributed by atoms with Gasteiger partial charge in [-0.25, -0.2) is 4.79 Å². The van der Waals surface area contributed by atoms with Gasteiger partial charge in [-0.05, 0) is 26.0 Å². The molecule has 112 valence electrons. The molecule has 0 bridgehead atoms. The molecular formula is C16H25NO3. The first-order valence-electron chi connectivity index (χ1n) is 7.27. The summed E-state index contributed by atoms with van der Waals surface area (Å²) in [5.41, 5.74) is 1.07. The molecule has 0 aliphatic carbocycles. The molecule has 1 aromatic carbocycles. The fourth-order valence-corrected chi connectivity index (χ4v) is 1.99. The van der Waals surface area contributed by atoms with Crippen LogP contribution < -0.4 is 10.1 Å². The topological polar surface area (TPSA) is 47.6 Å². The van der Waals surface area contributed by atoms with Crippen LogP contribution in [0.4, 0.5) is 0 Å². The maximum atomic E-state index is 11.5. The summed E-state index contributed by atoms with van der Waals surface area (Å²) in [7, 11) is 1.92. The second kappa shape index (κ2) is 9.37. The molecule has 0 aliphatic heterocycles. The average molecular weight is 279 g/mol. The molecule has 1 N–H and O–H groups in total. The Morgan fingerprint density at radius 2 is 2.05 bits per heavy atom. The summed E-state index contributed by atoms with van der Waals surface area (Å²) in [6.45, 7) is 4.59. The number of nitrogens with one attached hydrogen (secondary N) is 1. The number of esters is 1. The first-order chi connectivity index (χ1) is 9.72. The van der Waals surface area contributed by atoms with Gasteiger partial charge < -0.3 is 14.8 Å². The van der Waals surface area contributed by atoms with Crippen LogP contribution in [-0.4, -0.2) is 26.2 Å². The van der Waals surface area contributed by atoms with Crippen molar-refractivity contribution in [1.82, 2.24) is 5.32 Å². The first-order valence-corrected chi connectivity index (χ1v) is 7.27. The van der Waals surface area contributed by atoms with Gasteiger partial charge in [-0.15, -0.1) is 0 Å². The van der Waals surface area contributed by atoms with Gasteiger partial charge in [-0.2, -0.15) is 0 Å². The van der Waals surface area contributed by atoms with Gasteiger partial charge in [0.15, 0.2) is 6.61 Å². The van der Waals surface area contributed by atoms with E-state index in [1.165, 1.54) is 0 Å². The molecule has 1 rings (SSSR count). The van der Waals surface area contributed by atoms with E-state index in [-0.39, 0.29) is 18.6 Å². The number of ether oxygens (including phenoxy) is 2. The second-order valence-corrected chi connectivity index (χ2v) is 4.65. The molecule has 0 aliphatic rings. The predicted octanol–water partition coefficient (Wildman–Crippen LogP) is 3.08. The van der Waals surface area contributed by atoms with E-state index in [9.17, 15) is 4.79 Å². The van der Waals surface area contributed by atoms with E-state index in [0.717, 1.165) is 30.6 Å². The maximum absolute atomic E-state index is 11.5. The molecule has 1 aromatic rings. The SMILES string of the molecule is CCCCOC(=O)COc1ccccc1C(CC)NC. The molecule has 0 aromatic heterocycles. The fourth-order valence-electron chi connectivity index (χ4n) is 1.99. The van der Waals surface area contributed by atoms with E-state index < -0.39 is 0 Å². The quantitative estimate of drug-likeness (QED) is 0.557. The Morgan fingerprint density at radius 3 is 2.70 bits per heavy atom. The van der Waals surface area contributed by atoms with Gasteiger partial charge >= 0.3 is 5.97 Å². The third-order valence-corrected chi connectivity index (χ3v) is 3.16. The van der Waals surface area contributed by atoms with Crippen LogP contribution in [0.25, 0.3) is 0 Å². The van der Waals surface area contributed by atoms with Gasteiger partial charge in [0.25, 0.3) is 0 Å². The van der Waals surface area contributed by atoms with Crippen molar-refractivity contribution in [3.8, 4) is 5.75 Å². The molecule has 0 amide bonds. The molecule has 0 saturated heterocycles. The lowest BCUT2D eigenvalue weighted by Gasteiger charge is -2.18. The van der Waals surface area contributed by atoms with E-state index in [4.69, 9.17) is 9.47 Å². The van der Waals surface area contributed by atoms with Crippen molar-refractivity contribution in [2.75, 3.05) is 20.3 Å². The van der Waals surface area contributed by atoms with Gasteiger partial charge in [0.2, 0.25) is 0 Å². The summed E-state index contributed by atoms with van der Waals surface area (Å²) in [6.07, 6.45) is 2.86. The van der Waals surface area contributed by atoms with Crippen molar-refractivity contribution in [1.29, 1.82) is 0 Å². The van der Waals surface area contributed by atoms with Crippen molar-refractivity contribution in [3.05, 3.63) is 29.8 Å². The zero-order valence-corrected chi connectivity index (χ0v) is 12.6. The second-order valence-electron chi connectivity index (χ2n) is 4.65. The molecule has 20 heavy (non-hydrogen) atoms. The molecule has 4 nitrogen and oxygen atoms in total. The lowest BCUT2D eigenvalue weighted by molar-refractivity contribution is -0.146. The van der Waals surface area contributed by atoms with Crippen molar-refractivity contribution >= 4 is 5.97 Å². The van der Waals surface area contributed by atoms with Crippen LogP contribution in [0.1, 0.15) is 44.7 Å². The molecule has 0 spiro atoms. The van der Waals surface area contributed by atoms with E-state index >= 15 is 0 Å². The van der Waals surface area contributed by atoms with Gasteiger partial charge in [0.05, 0.1) is 6.61 Å². The highest BCUT2D eigenvalue weighted by atomic mass is 16.6. The van der Waals surface area contributed by atoms with E-state index in [1.807, 2.05) is 31.3 Å². The third-order valence-electron chi connectivity index (χ3n) is 3.16. The highest BCUT2D eigenvalue weighted by molar-refractivity contribution is 5.71. The molecule has 1 unspecified atom stereocenters. The molecule has 0 radical (unpaired) electrons. The minimum Gasteiger partial charge on any atom is -0.482 e. The lowest BCUT2D eigenvalue weighted by Crippen LogP contribution is -2.19. The predicted molar refractivity (Wildman–Crippen MR) is 79.9 cm³/mol. The van der Waals surface area contributed by atoms with Gasteiger partial charge in [0, 0.05) is 11.6 Å². The standard InChI is InChI=1S/C16H25NO3/c1-4-6-11-19-16(18)12-20-15-10-8-7-9-13(15)14(5-2)17-3/h7-10,14,17H,4-6,11-12H2,1-3H3. The summed E-state index contributed by atoms with van der Waals surface area (Å²) in [6, 6.07) is 8.00. The summed E-state index contributed by atoms with van der Waals surface area (Å²) in [5, 5.41) is 3.24. The Hall–Kier alpha value is -1.55. The normalized spacial score (nSPS) is 11.9. The van der Waals surface area contributed by atoms with Crippen molar-refractivity contribution in [2.24, 2.45) is 0 Å².